The molecule has 1 amide bonds. The Morgan fingerprint density at radius 3 is 2.18 bits per heavy atom. The summed E-state index contributed by atoms with van der Waals surface area (Å²) in [5.41, 5.74) is 0.170. The van der Waals surface area contributed by atoms with Gasteiger partial charge in [-0.25, -0.2) is 0 Å². The SMILES string of the molecule is COC1(C(C)(C)C)CCN(C(C)=O)C2(CC2)C1. The summed E-state index contributed by atoms with van der Waals surface area (Å²) in [6.07, 6.45) is 4.25. The van der Waals surface area contributed by atoms with Gasteiger partial charge in [-0.05, 0) is 24.7 Å². The number of piperidine rings is 1. The quantitative estimate of drug-likeness (QED) is 0.704. The minimum Gasteiger partial charge on any atom is -0.378 e. The van der Waals surface area contributed by atoms with Crippen LogP contribution in [0.3, 0.4) is 0 Å². The van der Waals surface area contributed by atoms with Gasteiger partial charge < -0.3 is 9.64 Å². The predicted octanol–water partition coefficient (Wildman–Crippen LogP) is 2.59. The summed E-state index contributed by atoms with van der Waals surface area (Å²) >= 11 is 0. The fourth-order valence-corrected chi connectivity index (χ4v) is 3.45. The smallest absolute Gasteiger partial charge is 0.219 e. The third-order valence-corrected chi connectivity index (χ3v) is 4.89. The summed E-state index contributed by atoms with van der Waals surface area (Å²) in [7, 11) is 1.82. The standard InChI is InChI=1S/C14H25NO2/c1-11(16)15-9-8-14(17-5,12(2,3)4)10-13(15)6-7-13/h6-10H2,1-5H3. The Morgan fingerprint density at radius 1 is 1.24 bits per heavy atom. The van der Waals surface area contributed by atoms with E-state index in [1.165, 1.54) is 0 Å². The molecule has 17 heavy (non-hydrogen) atoms. The number of carbonyl (C=O) groups excluding carboxylic acids is 1. The highest BCUT2D eigenvalue weighted by molar-refractivity contribution is 5.75. The van der Waals surface area contributed by atoms with E-state index >= 15 is 0 Å². The lowest BCUT2D eigenvalue weighted by Gasteiger charge is -2.52. The second kappa shape index (κ2) is 3.71. The van der Waals surface area contributed by atoms with E-state index in [0.29, 0.717) is 0 Å². The number of hydrogen-bond donors (Lipinski definition) is 0. The van der Waals surface area contributed by atoms with Gasteiger partial charge >= 0.3 is 0 Å². The maximum absolute atomic E-state index is 11.7. The molecule has 1 aliphatic heterocycles. The van der Waals surface area contributed by atoms with E-state index in [1.807, 2.05) is 7.11 Å². The molecule has 1 heterocycles. The van der Waals surface area contributed by atoms with Gasteiger partial charge in [-0.1, -0.05) is 20.8 Å². The third kappa shape index (κ3) is 1.88. The zero-order chi connectivity index (χ0) is 12.9. The highest BCUT2D eigenvalue weighted by atomic mass is 16.5. The van der Waals surface area contributed by atoms with E-state index in [1.54, 1.807) is 6.92 Å². The third-order valence-electron chi connectivity index (χ3n) is 4.89. The first-order chi connectivity index (χ1) is 7.76. The zero-order valence-corrected chi connectivity index (χ0v) is 11.8. The number of methoxy groups -OCH3 is 1. The van der Waals surface area contributed by atoms with Crippen LogP contribution in [0.25, 0.3) is 0 Å². The Labute approximate surface area is 105 Å². The van der Waals surface area contributed by atoms with Crippen molar-refractivity contribution in [1.82, 2.24) is 4.90 Å². The van der Waals surface area contributed by atoms with Gasteiger partial charge in [0.15, 0.2) is 0 Å². The molecule has 2 fully saturated rings. The van der Waals surface area contributed by atoms with Gasteiger partial charge in [-0.3, -0.25) is 4.79 Å². The molecule has 0 aromatic rings. The van der Waals surface area contributed by atoms with Crippen molar-refractivity contribution in [2.75, 3.05) is 13.7 Å². The molecule has 2 aliphatic rings. The van der Waals surface area contributed by atoms with Gasteiger partial charge in [0, 0.05) is 32.5 Å². The molecule has 1 unspecified atom stereocenters. The molecule has 1 saturated carbocycles. The van der Waals surface area contributed by atoms with Crippen molar-refractivity contribution in [2.45, 2.75) is 64.5 Å². The summed E-state index contributed by atoms with van der Waals surface area (Å²) in [4.78, 5) is 13.8. The lowest BCUT2D eigenvalue weighted by Crippen LogP contribution is -2.59. The van der Waals surface area contributed by atoms with Crippen molar-refractivity contribution in [3.8, 4) is 0 Å². The first-order valence-electron chi connectivity index (χ1n) is 6.60. The number of carbonyl (C=O) groups is 1. The van der Waals surface area contributed by atoms with Crippen molar-refractivity contribution in [1.29, 1.82) is 0 Å². The van der Waals surface area contributed by atoms with Gasteiger partial charge in [0.2, 0.25) is 5.91 Å². The van der Waals surface area contributed by atoms with Gasteiger partial charge in [0.05, 0.1) is 5.60 Å². The number of ether oxygens (including phenoxy) is 1. The Kier molecular flexibility index (Phi) is 2.81. The highest BCUT2D eigenvalue weighted by Crippen LogP contribution is 2.56. The lowest BCUT2D eigenvalue weighted by atomic mass is 9.68. The average molecular weight is 239 g/mol. The van der Waals surface area contributed by atoms with Crippen LogP contribution in [0.15, 0.2) is 0 Å². The molecule has 3 nitrogen and oxygen atoms in total. The molecule has 0 aromatic carbocycles. The largest absolute Gasteiger partial charge is 0.378 e. The van der Waals surface area contributed by atoms with E-state index in [9.17, 15) is 4.79 Å². The zero-order valence-electron chi connectivity index (χ0n) is 11.8. The van der Waals surface area contributed by atoms with Crippen molar-refractivity contribution in [2.24, 2.45) is 5.41 Å². The molecule has 1 spiro atoms. The Bertz CT molecular complexity index is 328. The van der Waals surface area contributed by atoms with Crippen molar-refractivity contribution >= 4 is 5.91 Å². The average Bonchev–Trinajstić information content (AvgIpc) is 2.95. The molecule has 0 radical (unpaired) electrons. The Balaban J connectivity index is 2.25. The maximum atomic E-state index is 11.7. The molecular weight excluding hydrogens is 214 g/mol. The number of amides is 1. The van der Waals surface area contributed by atoms with Crippen LogP contribution in [0, 0.1) is 5.41 Å². The predicted molar refractivity (Wildman–Crippen MR) is 67.8 cm³/mol. The molecule has 0 N–H and O–H groups in total. The van der Waals surface area contributed by atoms with Crippen LogP contribution in [-0.2, 0) is 9.53 Å². The van der Waals surface area contributed by atoms with E-state index in [-0.39, 0.29) is 22.5 Å². The topological polar surface area (TPSA) is 29.5 Å². The van der Waals surface area contributed by atoms with Crippen LogP contribution in [0.4, 0.5) is 0 Å². The summed E-state index contributed by atoms with van der Waals surface area (Å²) in [6.45, 7) is 9.28. The molecule has 1 saturated heterocycles. The van der Waals surface area contributed by atoms with Crippen LogP contribution in [0.2, 0.25) is 0 Å². The number of likely N-dealkylation sites (tertiary alicyclic amines) is 1. The second-order valence-electron chi connectivity index (χ2n) is 6.77. The number of nitrogens with zero attached hydrogens (tertiary/aromatic N) is 1. The molecule has 3 heteroatoms. The summed E-state index contributed by atoms with van der Waals surface area (Å²) in [5.74, 6) is 0.223. The normalized spacial score (nSPS) is 31.7. The lowest BCUT2D eigenvalue weighted by molar-refractivity contribution is -0.160. The maximum Gasteiger partial charge on any atom is 0.219 e. The van der Waals surface area contributed by atoms with E-state index < -0.39 is 0 Å². The van der Waals surface area contributed by atoms with Crippen molar-refractivity contribution < 1.29 is 9.53 Å². The first kappa shape index (κ1) is 12.9. The summed E-state index contributed by atoms with van der Waals surface area (Å²) in [5, 5.41) is 0. The molecule has 2 rings (SSSR count). The molecule has 0 bridgehead atoms. The number of rotatable bonds is 1. The molecule has 1 atom stereocenters. The Morgan fingerprint density at radius 2 is 1.82 bits per heavy atom. The van der Waals surface area contributed by atoms with Gasteiger partial charge in [-0.15, -0.1) is 0 Å². The van der Waals surface area contributed by atoms with E-state index in [4.69, 9.17) is 4.74 Å². The fourth-order valence-electron chi connectivity index (χ4n) is 3.45. The minimum absolute atomic E-state index is 0.0740. The fraction of sp³-hybridized carbons (Fsp3) is 0.929. The van der Waals surface area contributed by atoms with Crippen LogP contribution >= 0.6 is 0 Å². The minimum atomic E-state index is -0.0740. The van der Waals surface area contributed by atoms with Gasteiger partial charge in [0.1, 0.15) is 0 Å². The first-order valence-corrected chi connectivity index (χ1v) is 6.60. The van der Waals surface area contributed by atoms with E-state index in [2.05, 4.69) is 25.7 Å². The molecule has 98 valence electrons. The Hall–Kier alpha value is -0.570. The molecule has 0 aromatic heterocycles. The van der Waals surface area contributed by atoms with Gasteiger partial charge in [-0.2, -0.15) is 0 Å². The molecular formula is C14H25NO2. The molecule has 1 aliphatic carbocycles. The summed E-state index contributed by atoms with van der Waals surface area (Å²) in [6, 6.07) is 0. The van der Waals surface area contributed by atoms with Crippen LogP contribution in [-0.4, -0.2) is 35.6 Å². The summed E-state index contributed by atoms with van der Waals surface area (Å²) < 4.78 is 5.91. The van der Waals surface area contributed by atoms with Crippen LogP contribution in [0.1, 0.15) is 53.4 Å². The van der Waals surface area contributed by atoms with Gasteiger partial charge in [0.25, 0.3) is 0 Å². The van der Waals surface area contributed by atoms with Crippen LogP contribution in [0.5, 0.6) is 0 Å². The monoisotopic (exact) mass is 239 g/mol. The van der Waals surface area contributed by atoms with Crippen LogP contribution < -0.4 is 0 Å². The second-order valence-corrected chi connectivity index (χ2v) is 6.77. The highest BCUT2D eigenvalue weighted by Gasteiger charge is 2.60. The van der Waals surface area contributed by atoms with E-state index in [0.717, 1.165) is 32.2 Å². The number of hydrogen-bond acceptors (Lipinski definition) is 2. The van der Waals surface area contributed by atoms with Crippen molar-refractivity contribution in [3.05, 3.63) is 0 Å². The van der Waals surface area contributed by atoms with Crippen molar-refractivity contribution in [3.63, 3.8) is 0 Å².